The molecule has 7 nitrogen and oxygen atoms in total. The highest BCUT2D eigenvalue weighted by molar-refractivity contribution is 7.89. The summed E-state index contributed by atoms with van der Waals surface area (Å²) >= 11 is 0. The van der Waals surface area contributed by atoms with Crippen LogP contribution in [0, 0.1) is 13.8 Å². The lowest BCUT2D eigenvalue weighted by Crippen LogP contribution is -2.45. The summed E-state index contributed by atoms with van der Waals surface area (Å²) in [4.78, 5) is 0.00710. The Labute approximate surface area is 124 Å². The number of aliphatic hydroxyl groups is 1. The first-order valence-corrected chi connectivity index (χ1v) is 8.16. The largest absolute Gasteiger partial charge is 0.465 e. The standard InChI is InChI=1S/C13H21NO6S/c1-9-11(6-15)12(10(2)20-9)21(16,17)14-7-13(18-3)4-5-19-8-13/h14-15H,4-8H2,1-3H3. The molecule has 1 aromatic heterocycles. The molecule has 2 heterocycles. The van der Waals surface area contributed by atoms with E-state index in [0.717, 1.165) is 0 Å². The van der Waals surface area contributed by atoms with Gasteiger partial charge in [-0.2, -0.15) is 0 Å². The number of ether oxygens (including phenoxy) is 2. The van der Waals surface area contributed by atoms with Crippen molar-refractivity contribution in [3.63, 3.8) is 0 Å². The Hall–Kier alpha value is -0.930. The van der Waals surface area contributed by atoms with Crippen LogP contribution in [0.25, 0.3) is 0 Å². The van der Waals surface area contributed by atoms with Crippen molar-refractivity contribution in [2.45, 2.75) is 37.4 Å². The molecule has 0 aliphatic carbocycles. The van der Waals surface area contributed by atoms with Crippen molar-refractivity contribution in [2.75, 3.05) is 26.9 Å². The van der Waals surface area contributed by atoms with E-state index >= 15 is 0 Å². The minimum Gasteiger partial charge on any atom is -0.465 e. The maximum absolute atomic E-state index is 12.5. The van der Waals surface area contributed by atoms with E-state index in [2.05, 4.69) is 4.72 Å². The first-order valence-electron chi connectivity index (χ1n) is 6.67. The molecule has 21 heavy (non-hydrogen) atoms. The zero-order valence-electron chi connectivity index (χ0n) is 12.4. The van der Waals surface area contributed by atoms with Crippen molar-refractivity contribution in [1.82, 2.24) is 4.72 Å². The van der Waals surface area contributed by atoms with Gasteiger partial charge >= 0.3 is 0 Å². The summed E-state index contributed by atoms with van der Waals surface area (Å²) in [6, 6.07) is 0. The number of sulfonamides is 1. The molecule has 0 bridgehead atoms. The molecular formula is C13H21NO6S. The smallest absolute Gasteiger partial charge is 0.244 e. The summed E-state index contributed by atoms with van der Waals surface area (Å²) in [5, 5.41) is 9.36. The highest BCUT2D eigenvalue weighted by atomic mass is 32.2. The van der Waals surface area contributed by atoms with Gasteiger partial charge in [0.15, 0.2) is 0 Å². The van der Waals surface area contributed by atoms with Crippen LogP contribution in [0.3, 0.4) is 0 Å². The first-order chi connectivity index (χ1) is 9.85. The van der Waals surface area contributed by atoms with Crippen molar-refractivity contribution in [3.05, 3.63) is 17.1 Å². The molecule has 1 aromatic rings. The van der Waals surface area contributed by atoms with Crippen molar-refractivity contribution < 1.29 is 27.4 Å². The van der Waals surface area contributed by atoms with Gasteiger partial charge in [-0.05, 0) is 13.8 Å². The van der Waals surface area contributed by atoms with Crippen molar-refractivity contribution in [3.8, 4) is 0 Å². The molecule has 0 spiro atoms. The lowest BCUT2D eigenvalue weighted by atomic mass is 10.0. The number of hydrogen-bond acceptors (Lipinski definition) is 6. The number of aliphatic hydroxyl groups excluding tert-OH is 1. The maximum atomic E-state index is 12.5. The Balaban J connectivity index is 2.23. The molecule has 2 N–H and O–H groups in total. The fourth-order valence-corrected chi connectivity index (χ4v) is 4.05. The predicted octanol–water partition coefficient (Wildman–Crippen LogP) is 0.473. The molecule has 1 unspecified atom stereocenters. The third-order valence-corrected chi connectivity index (χ3v) is 5.43. The van der Waals surface area contributed by atoms with E-state index in [9.17, 15) is 13.5 Å². The van der Waals surface area contributed by atoms with E-state index in [1.54, 1.807) is 13.8 Å². The molecule has 1 atom stereocenters. The Morgan fingerprint density at radius 2 is 2.10 bits per heavy atom. The third kappa shape index (κ3) is 3.14. The number of aryl methyl sites for hydroxylation is 2. The van der Waals surface area contributed by atoms with E-state index in [-0.39, 0.29) is 22.8 Å². The van der Waals surface area contributed by atoms with Gasteiger partial charge in [0.05, 0.1) is 13.2 Å². The molecule has 0 saturated carbocycles. The van der Waals surface area contributed by atoms with Crippen molar-refractivity contribution in [2.24, 2.45) is 0 Å². The minimum atomic E-state index is -3.79. The summed E-state index contributed by atoms with van der Waals surface area (Å²) in [6.45, 7) is 3.80. The van der Waals surface area contributed by atoms with Gasteiger partial charge in [0, 0.05) is 32.2 Å². The van der Waals surface area contributed by atoms with E-state index in [0.29, 0.717) is 25.4 Å². The average Bonchev–Trinajstić information content (AvgIpc) is 3.01. The SMILES string of the molecule is COC1(CNS(=O)(=O)c2c(C)oc(C)c2CO)CCOC1. The van der Waals surface area contributed by atoms with Crippen LogP contribution in [0.5, 0.6) is 0 Å². The van der Waals surface area contributed by atoms with Gasteiger partial charge in [-0.15, -0.1) is 0 Å². The van der Waals surface area contributed by atoms with Crippen LogP contribution in [-0.4, -0.2) is 46.0 Å². The number of methoxy groups -OCH3 is 1. The Morgan fingerprint density at radius 1 is 1.38 bits per heavy atom. The topological polar surface area (TPSA) is 98.0 Å². The normalized spacial score (nSPS) is 22.9. The van der Waals surface area contributed by atoms with Crippen LogP contribution < -0.4 is 4.72 Å². The lowest BCUT2D eigenvalue weighted by Gasteiger charge is -2.25. The van der Waals surface area contributed by atoms with E-state index in [1.165, 1.54) is 7.11 Å². The fraction of sp³-hybridized carbons (Fsp3) is 0.692. The monoisotopic (exact) mass is 319 g/mol. The average molecular weight is 319 g/mol. The van der Waals surface area contributed by atoms with Gasteiger partial charge in [0.25, 0.3) is 0 Å². The molecule has 1 aliphatic rings. The number of hydrogen-bond donors (Lipinski definition) is 2. The second kappa shape index (κ2) is 6.05. The zero-order chi connectivity index (χ0) is 15.7. The van der Waals surface area contributed by atoms with Crippen molar-refractivity contribution >= 4 is 10.0 Å². The van der Waals surface area contributed by atoms with Gasteiger partial charge in [0.2, 0.25) is 10.0 Å². The summed E-state index contributed by atoms with van der Waals surface area (Å²) in [6.07, 6.45) is 0.627. The molecule has 120 valence electrons. The molecule has 2 rings (SSSR count). The Morgan fingerprint density at radius 3 is 2.62 bits per heavy atom. The molecule has 0 aromatic carbocycles. The van der Waals surface area contributed by atoms with Crippen LogP contribution in [0.15, 0.2) is 9.31 Å². The Kier molecular flexibility index (Phi) is 4.74. The molecular weight excluding hydrogens is 298 g/mol. The van der Waals surface area contributed by atoms with Gasteiger partial charge in [-0.3, -0.25) is 0 Å². The number of furan rings is 1. The highest BCUT2D eigenvalue weighted by Crippen LogP contribution is 2.27. The summed E-state index contributed by atoms with van der Waals surface area (Å²) < 4.78 is 43.5. The van der Waals surface area contributed by atoms with Crippen LogP contribution in [0.1, 0.15) is 23.5 Å². The van der Waals surface area contributed by atoms with E-state index < -0.39 is 22.2 Å². The maximum Gasteiger partial charge on any atom is 0.244 e. The first kappa shape index (κ1) is 16.4. The number of nitrogens with one attached hydrogen (secondary N) is 1. The summed E-state index contributed by atoms with van der Waals surface area (Å²) in [5.74, 6) is 0.666. The molecule has 0 amide bonds. The second-order valence-electron chi connectivity index (χ2n) is 5.19. The molecule has 0 radical (unpaired) electrons. The van der Waals surface area contributed by atoms with Crippen LogP contribution in [-0.2, 0) is 26.1 Å². The van der Waals surface area contributed by atoms with Gasteiger partial charge in [-0.1, -0.05) is 0 Å². The summed E-state index contributed by atoms with van der Waals surface area (Å²) in [5.41, 5.74) is -0.354. The number of rotatable bonds is 6. The van der Waals surface area contributed by atoms with Crippen LogP contribution in [0.4, 0.5) is 0 Å². The Bertz CT molecular complexity index is 600. The molecule has 1 fully saturated rings. The zero-order valence-corrected chi connectivity index (χ0v) is 13.2. The molecule has 1 saturated heterocycles. The third-order valence-electron chi connectivity index (χ3n) is 3.84. The van der Waals surface area contributed by atoms with Gasteiger partial charge in [0.1, 0.15) is 22.0 Å². The van der Waals surface area contributed by atoms with Gasteiger partial charge < -0.3 is 19.0 Å². The minimum absolute atomic E-state index is 0.00710. The van der Waals surface area contributed by atoms with Crippen LogP contribution in [0.2, 0.25) is 0 Å². The molecule has 8 heteroatoms. The lowest BCUT2D eigenvalue weighted by molar-refractivity contribution is -0.0120. The van der Waals surface area contributed by atoms with Crippen LogP contribution >= 0.6 is 0 Å². The van der Waals surface area contributed by atoms with E-state index in [1.807, 2.05) is 0 Å². The van der Waals surface area contributed by atoms with E-state index in [4.69, 9.17) is 13.9 Å². The second-order valence-corrected chi connectivity index (χ2v) is 6.90. The van der Waals surface area contributed by atoms with Crippen molar-refractivity contribution in [1.29, 1.82) is 0 Å². The quantitative estimate of drug-likeness (QED) is 0.791. The predicted molar refractivity (Wildman–Crippen MR) is 74.5 cm³/mol. The highest BCUT2D eigenvalue weighted by Gasteiger charge is 2.37. The molecule has 1 aliphatic heterocycles. The van der Waals surface area contributed by atoms with Gasteiger partial charge in [-0.25, -0.2) is 13.1 Å². The summed E-state index contributed by atoms with van der Waals surface area (Å²) in [7, 11) is -2.25. The fourth-order valence-electron chi connectivity index (χ4n) is 2.50.